The largest absolute Gasteiger partial charge is 0.391 e. The van der Waals surface area contributed by atoms with Crippen LogP contribution >= 0.6 is 0 Å². The van der Waals surface area contributed by atoms with E-state index in [9.17, 15) is 9.50 Å². The second-order valence-corrected chi connectivity index (χ2v) is 7.98. The fourth-order valence-electron chi connectivity index (χ4n) is 4.98. The van der Waals surface area contributed by atoms with Gasteiger partial charge in [-0.25, -0.2) is 19.3 Å². The monoisotopic (exact) mass is 381 g/mol. The molecule has 0 amide bonds. The Balaban J connectivity index is 1.40. The zero-order chi connectivity index (χ0) is 19.3. The van der Waals surface area contributed by atoms with Gasteiger partial charge in [-0.15, -0.1) is 0 Å². The third-order valence-corrected chi connectivity index (χ3v) is 6.43. The highest BCUT2D eigenvalue weighted by molar-refractivity contribution is 5.75. The molecule has 2 fully saturated rings. The number of aliphatic hydroxyl groups excluding tert-OH is 1. The quantitative estimate of drug-likeness (QED) is 0.756. The number of hydrogen-bond acceptors (Lipinski definition) is 5. The van der Waals surface area contributed by atoms with E-state index >= 15 is 0 Å². The van der Waals surface area contributed by atoms with Crippen molar-refractivity contribution in [2.45, 2.75) is 38.3 Å². The molecule has 7 heteroatoms. The molecule has 0 unspecified atom stereocenters. The fourth-order valence-corrected chi connectivity index (χ4v) is 4.98. The van der Waals surface area contributed by atoms with E-state index in [2.05, 4.69) is 19.5 Å². The Morgan fingerprint density at radius 2 is 1.89 bits per heavy atom. The number of imidazole rings is 1. The number of halogens is 1. The number of nitrogens with zero attached hydrogens (tertiary/aromatic N) is 5. The van der Waals surface area contributed by atoms with Gasteiger partial charge in [0.25, 0.3) is 0 Å². The first-order valence-corrected chi connectivity index (χ1v) is 9.99. The molecule has 1 aliphatic carbocycles. The molecule has 146 valence electrons. The van der Waals surface area contributed by atoms with Crippen LogP contribution in [-0.2, 0) is 6.42 Å². The van der Waals surface area contributed by atoms with E-state index in [1.807, 2.05) is 42.4 Å². The Morgan fingerprint density at radius 1 is 1.11 bits per heavy atom. The molecule has 4 atom stereocenters. The number of aliphatic hydroxyl groups is 1. The van der Waals surface area contributed by atoms with Crippen molar-refractivity contribution in [2.75, 3.05) is 18.0 Å². The van der Waals surface area contributed by atoms with Gasteiger partial charge in [-0.1, -0.05) is 19.1 Å². The van der Waals surface area contributed by atoms with Gasteiger partial charge in [-0.3, -0.25) is 0 Å². The Labute approximate surface area is 163 Å². The summed E-state index contributed by atoms with van der Waals surface area (Å²) in [4.78, 5) is 14.8. The van der Waals surface area contributed by atoms with Crippen LogP contribution in [0, 0.1) is 17.7 Å². The fraction of sp³-hybridized carbons (Fsp3) is 0.476. The molecule has 3 aromatic rings. The molecule has 1 saturated heterocycles. The summed E-state index contributed by atoms with van der Waals surface area (Å²) in [7, 11) is 0. The third kappa shape index (κ3) is 2.76. The van der Waals surface area contributed by atoms with Crippen LogP contribution in [0.3, 0.4) is 0 Å². The lowest BCUT2D eigenvalue weighted by molar-refractivity contribution is 0.0375. The Morgan fingerprint density at radius 3 is 2.71 bits per heavy atom. The van der Waals surface area contributed by atoms with E-state index < -0.39 is 6.10 Å². The Hall–Kier alpha value is -2.54. The summed E-state index contributed by atoms with van der Waals surface area (Å²) in [6.07, 6.45) is 4.98. The maximum Gasteiger partial charge on any atom is 0.187 e. The van der Waals surface area contributed by atoms with Gasteiger partial charge >= 0.3 is 0 Å². The van der Waals surface area contributed by atoms with E-state index in [1.54, 1.807) is 0 Å². The van der Waals surface area contributed by atoms with Crippen molar-refractivity contribution in [3.8, 4) is 0 Å². The summed E-state index contributed by atoms with van der Waals surface area (Å²) >= 11 is 0. The van der Waals surface area contributed by atoms with Gasteiger partial charge < -0.3 is 14.6 Å². The highest BCUT2D eigenvalue weighted by Crippen LogP contribution is 2.43. The van der Waals surface area contributed by atoms with Crippen molar-refractivity contribution in [1.82, 2.24) is 19.5 Å². The Kier molecular flexibility index (Phi) is 4.27. The molecule has 2 aromatic heterocycles. The topological polar surface area (TPSA) is 67.1 Å². The average Bonchev–Trinajstić information content (AvgIpc) is 3.31. The predicted molar refractivity (Wildman–Crippen MR) is 105 cm³/mol. The molecule has 1 aromatic carbocycles. The minimum atomic E-state index is -0.430. The van der Waals surface area contributed by atoms with E-state index in [0.29, 0.717) is 36.2 Å². The number of fused-ring (bicyclic) bond motifs is 2. The van der Waals surface area contributed by atoms with Gasteiger partial charge in [-0.2, -0.15) is 0 Å². The molecule has 1 aliphatic heterocycles. The van der Waals surface area contributed by atoms with E-state index in [4.69, 9.17) is 0 Å². The lowest BCUT2D eigenvalue weighted by atomic mass is 9.77. The smallest absolute Gasteiger partial charge is 0.187 e. The summed E-state index contributed by atoms with van der Waals surface area (Å²) in [6, 6.07) is 8.01. The first-order valence-electron chi connectivity index (χ1n) is 9.99. The number of benzene rings is 1. The van der Waals surface area contributed by atoms with Gasteiger partial charge in [0.15, 0.2) is 11.6 Å². The molecular weight excluding hydrogens is 357 g/mol. The van der Waals surface area contributed by atoms with Crippen molar-refractivity contribution in [1.29, 1.82) is 0 Å². The molecule has 3 heterocycles. The summed E-state index contributed by atoms with van der Waals surface area (Å²) in [5, 5.41) is 10.9. The number of aryl methyl sites for hydroxylation is 1. The van der Waals surface area contributed by atoms with E-state index in [0.717, 1.165) is 30.5 Å². The second kappa shape index (κ2) is 6.81. The van der Waals surface area contributed by atoms with Crippen molar-refractivity contribution in [3.05, 3.63) is 48.4 Å². The maximum absolute atomic E-state index is 14.7. The molecule has 0 bridgehead atoms. The summed E-state index contributed by atoms with van der Waals surface area (Å²) in [6.45, 7) is 3.39. The zero-order valence-corrected chi connectivity index (χ0v) is 15.9. The molecule has 1 N–H and O–H groups in total. The van der Waals surface area contributed by atoms with Crippen LogP contribution < -0.4 is 4.90 Å². The maximum atomic E-state index is 14.7. The van der Waals surface area contributed by atoms with E-state index in [1.165, 1.54) is 6.33 Å². The number of aromatic nitrogens is 4. The van der Waals surface area contributed by atoms with Crippen molar-refractivity contribution < 1.29 is 9.50 Å². The number of rotatable bonds is 3. The van der Waals surface area contributed by atoms with E-state index in [-0.39, 0.29) is 11.9 Å². The molecule has 0 radical (unpaired) electrons. The first-order chi connectivity index (χ1) is 13.7. The molecule has 2 aliphatic rings. The van der Waals surface area contributed by atoms with Gasteiger partial charge in [0, 0.05) is 13.1 Å². The highest BCUT2D eigenvalue weighted by atomic mass is 19.1. The SMILES string of the molecule is CCc1ncnc(N2C[C@H]3C[C@@H](n4cnc5ccccc54)[C@H](O)C[C@H]3C2)c1F. The lowest BCUT2D eigenvalue weighted by Crippen LogP contribution is -2.36. The van der Waals surface area contributed by atoms with Gasteiger partial charge in [0.2, 0.25) is 0 Å². The zero-order valence-electron chi connectivity index (χ0n) is 15.9. The van der Waals surface area contributed by atoms with Crippen LogP contribution in [0.5, 0.6) is 0 Å². The molecule has 0 spiro atoms. The highest BCUT2D eigenvalue weighted by Gasteiger charge is 2.43. The molecular formula is C21H24FN5O. The van der Waals surface area contributed by atoms with Crippen LogP contribution in [-0.4, -0.2) is 43.8 Å². The van der Waals surface area contributed by atoms with Crippen LogP contribution in [0.25, 0.3) is 11.0 Å². The standard InChI is InChI=1S/C21H24FN5O/c1-2-15-20(22)21(24-11-23-15)26-9-13-7-18(19(28)8-14(13)10-26)27-12-25-16-5-3-4-6-17(16)27/h3-6,11-14,18-19,28H,2,7-10H2,1H3/t13-,14+,18-,19-/m1/s1. The first kappa shape index (κ1) is 17.6. The molecule has 5 rings (SSSR count). The summed E-state index contributed by atoms with van der Waals surface area (Å²) < 4.78 is 16.8. The van der Waals surface area contributed by atoms with Gasteiger partial charge in [-0.05, 0) is 43.2 Å². The number of anilines is 1. The molecule has 1 saturated carbocycles. The van der Waals surface area contributed by atoms with Crippen LogP contribution in [0.2, 0.25) is 0 Å². The minimum absolute atomic E-state index is 0.00458. The number of hydrogen-bond donors (Lipinski definition) is 1. The average molecular weight is 381 g/mol. The van der Waals surface area contributed by atoms with Gasteiger partial charge in [0.1, 0.15) is 6.33 Å². The lowest BCUT2D eigenvalue weighted by Gasteiger charge is -2.36. The van der Waals surface area contributed by atoms with Crippen molar-refractivity contribution in [2.24, 2.45) is 11.8 Å². The third-order valence-electron chi connectivity index (χ3n) is 6.43. The van der Waals surface area contributed by atoms with Crippen molar-refractivity contribution in [3.63, 3.8) is 0 Å². The molecule has 6 nitrogen and oxygen atoms in total. The van der Waals surface area contributed by atoms with Crippen LogP contribution in [0.1, 0.15) is 31.5 Å². The van der Waals surface area contributed by atoms with Crippen LogP contribution in [0.15, 0.2) is 36.9 Å². The summed E-state index contributed by atoms with van der Waals surface area (Å²) in [5.41, 5.74) is 2.46. The second-order valence-electron chi connectivity index (χ2n) is 7.98. The molecule has 28 heavy (non-hydrogen) atoms. The van der Waals surface area contributed by atoms with Crippen molar-refractivity contribution >= 4 is 16.9 Å². The Bertz CT molecular complexity index is 1010. The number of para-hydroxylation sites is 2. The van der Waals surface area contributed by atoms with Crippen LogP contribution in [0.4, 0.5) is 10.2 Å². The predicted octanol–water partition coefficient (Wildman–Crippen LogP) is 2.98. The van der Waals surface area contributed by atoms with Gasteiger partial charge in [0.05, 0.1) is 35.2 Å². The minimum Gasteiger partial charge on any atom is -0.391 e. The normalized spacial score (nSPS) is 27.3. The summed E-state index contributed by atoms with van der Waals surface area (Å²) in [5.74, 6) is 0.844.